The Kier molecular flexibility index (Phi) is 4.72. The lowest BCUT2D eigenvalue weighted by Crippen LogP contribution is -2.51. The average molecular weight is 291 g/mol. The van der Waals surface area contributed by atoms with Crippen molar-refractivity contribution >= 4 is 5.91 Å². The van der Waals surface area contributed by atoms with E-state index in [2.05, 4.69) is 0 Å². The zero-order valence-corrected chi connectivity index (χ0v) is 12.1. The highest BCUT2D eigenvalue weighted by molar-refractivity contribution is 5.78. The molecule has 2 heterocycles. The number of carbonyl (C=O) groups is 1. The maximum Gasteiger partial charge on any atom is 0.260 e. The van der Waals surface area contributed by atoms with E-state index in [0.717, 1.165) is 25.8 Å². The third-order valence-electron chi connectivity index (χ3n) is 3.94. The fraction of sp³-hybridized carbons (Fsp3) is 0.562. The standard InChI is InChI=1S/C16H21NO4/c18-15(12-21-13-6-2-1-3-7-13)17-9-5-4-8-14(17)16-19-10-11-20-16/h1-3,6-7,14,16H,4-5,8-12H2/t14-/m1/s1. The quantitative estimate of drug-likeness (QED) is 0.849. The minimum absolute atomic E-state index is 0.00246. The van der Waals surface area contributed by atoms with Crippen LogP contribution in [0.15, 0.2) is 30.3 Å². The molecule has 0 aliphatic carbocycles. The Labute approximate surface area is 124 Å². The molecular formula is C16H21NO4. The second-order valence-corrected chi connectivity index (χ2v) is 5.36. The molecule has 114 valence electrons. The van der Waals surface area contributed by atoms with Gasteiger partial charge in [0.15, 0.2) is 12.9 Å². The Hall–Kier alpha value is -1.59. The summed E-state index contributed by atoms with van der Waals surface area (Å²) in [4.78, 5) is 14.3. The number of piperidine rings is 1. The number of rotatable bonds is 4. The van der Waals surface area contributed by atoms with Crippen molar-refractivity contribution in [3.63, 3.8) is 0 Å². The molecular weight excluding hydrogens is 270 g/mol. The summed E-state index contributed by atoms with van der Waals surface area (Å²) in [5, 5.41) is 0. The van der Waals surface area contributed by atoms with Crippen molar-refractivity contribution in [3.05, 3.63) is 30.3 Å². The number of hydrogen-bond donors (Lipinski definition) is 0. The maximum absolute atomic E-state index is 12.4. The Morgan fingerprint density at radius 1 is 1.19 bits per heavy atom. The summed E-state index contributed by atoms with van der Waals surface area (Å²) in [5.41, 5.74) is 0. The highest BCUT2D eigenvalue weighted by Gasteiger charge is 2.36. The van der Waals surface area contributed by atoms with Crippen LogP contribution in [0.2, 0.25) is 0 Å². The molecule has 0 saturated carbocycles. The van der Waals surface area contributed by atoms with Gasteiger partial charge in [-0.3, -0.25) is 4.79 Å². The predicted octanol–water partition coefficient (Wildman–Crippen LogP) is 1.82. The number of hydrogen-bond acceptors (Lipinski definition) is 4. The van der Waals surface area contributed by atoms with Crippen molar-refractivity contribution in [2.75, 3.05) is 26.4 Å². The van der Waals surface area contributed by atoms with Crippen LogP contribution < -0.4 is 4.74 Å². The molecule has 2 aliphatic rings. The minimum atomic E-state index is -0.272. The largest absolute Gasteiger partial charge is 0.484 e. The van der Waals surface area contributed by atoms with Gasteiger partial charge in [0, 0.05) is 6.54 Å². The molecule has 5 heteroatoms. The second kappa shape index (κ2) is 6.91. The van der Waals surface area contributed by atoms with Crippen molar-refractivity contribution in [2.24, 2.45) is 0 Å². The summed E-state index contributed by atoms with van der Waals surface area (Å²) >= 11 is 0. The lowest BCUT2D eigenvalue weighted by atomic mass is 10.0. The number of carbonyl (C=O) groups excluding carboxylic acids is 1. The van der Waals surface area contributed by atoms with Gasteiger partial charge in [-0.1, -0.05) is 18.2 Å². The average Bonchev–Trinajstić information content (AvgIpc) is 3.08. The van der Waals surface area contributed by atoms with Crippen LogP contribution in [-0.2, 0) is 14.3 Å². The summed E-state index contributed by atoms with van der Waals surface area (Å²) in [6.07, 6.45) is 2.80. The Balaban J connectivity index is 1.58. The van der Waals surface area contributed by atoms with Crippen LogP contribution in [0, 0.1) is 0 Å². The monoisotopic (exact) mass is 291 g/mol. The van der Waals surface area contributed by atoms with Crippen molar-refractivity contribution in [1.29, 1.82) is 0 Å². The van der Waals surface area contributed by atoms with Gasteiger partial charge in [-0.05, 0) is 31.4 Å². The highest BCUT2D eigenvalue weighted by atomic mass is 16.7. The molecule has 0 bridgehead atoms. The van der Waals surface area contributed by atoms with Crippen molar-refractivity contribution < 1.29 is 19.0 Å². The molecule has 2 saturated heterocycles. The van der Waals surface area contributed by atoms with Gasteiger partial charge in [0.1, 0.15) is 5.75 Å². The van der Waals surface area contributed by atoms with Crippen LogP contribution in [0.4, 0.5) is 0 Å². The van der Waals surface area contributed by atoms with Gasteiger partial charge in [-0.2, -0.15) is 0 Å². The first-order chi connectivity index (χ1) is 10.3. The first-order valence-corrected chi connectivity index (χ1v) is 7.55. The maximum atomic E-state index is 12.4. The van der Waals surface area contributed by atoms with Crippen LogP contribution in [0.1, 0.15) is 19.3 Å². The lowest BCUT2D eigenvalue weighted by Gasteiger charge is -2.37. The molecule has 21 heavy (non-hydrogen) atoms. The Bertz CT molecular complexity index is 459. The molecule has 0 unspecified atom stereocenters. The molecule has 0 aromatic heterocycles. The van der Waals surface area contributed by atoms with E-state index < -0.39 is 0 Å². The summed E-state index contributed by atoms with van der Waals surface area (Å²) < 4.78 is 16.7. The molecule has 0 radical (unpaired) electrons. The van der Waals surface area contributed by atoms with Crippen LogP contribution in [0.3, 0.4) is 0 Å². The summed E-state index contributed by atoms with van der Waals surface area (Å²) in [6, 6.07) is 9.43. The van der Waals surface area contributed by atoms with E-state index in [4.69, 9.17) is 14.2 Å². The van der Waals surface area contributed by atoms with Gasteiger partial charge >= 0.3 is 0 Å². The second-order valence-electron chi connectivity index (χ2n) is 5.36. The fourth-order valence-corrected chi connectivity index (χ4v) is 2.89. The zero-order valence-electron chi connectivity index (χ0n) is 12.1. The summed E-state index contributed by atoms with van der Waals surface area (Å²) in [5.74, 6) is 0.718. The molecule has 0 spiro atoms. The smallest absolute Gasteiger partial charge is 0.260 e. The van der Waals surface area contributed by atoms with E-state index in [1.54, 1.807) is 0 Å². The van der Waals surface area contributed by atoms with Gasteiger partial charge in [0.25, 0.3) is 5.91 Å². The number of para-hydroxylation sites is 1. The molecule has 1 amide bonds. The molecule has 2 fully saturated rings. The SMILES string of the molecule is O=C(COc1ccccc1)N1CCCC[C@@H]1C1OCCO1. The van der Waals surface area contributed by atoms with Crippen LogP contribution >= 0.6 is 0 Å². The molecule has 5 nitrogen and oxygen atoms in total. The van der Waals surface area contributed by atoms with Crippen LogP contribution in [0.25, 0.3) is 0 Å². The molecule has 2 aliphatic heterocycles. The highest BCUT2D eigenvalue weighted by Crippen LogP contribution is 2.24. The normalized spacial score (nSPS) is 23.2. The minimum Gasteiger partial charge on any atom is -0.484 e. The summed E-state index contributed by atoms with van der Waals surface area (Å²) in [7, 11) is 0. The summed E-state index contributed by atoms with van der Waals surface area (Å²) in [6.45, 7) is 2.05. The number of benzene rings is 1. The van der Waals surface area contributed by atoms with E-state index in [1.165, 1.54) is 0 Å². The van der Waals surface area contributed by atoms with Gasteiger partial charge in [0.2, 0.25) is 0 Å². The van der Waals surface area contributed by atoms with E-state index in [1.807, 2.05) is 35.2 Å². The lowest BCUT2D eigenvalue weighted by molar-refractivity contribution is -0.152. The van der Waals surface area contributed by atoms with E-state index in [9.17, 15) is 4.79 Å². The van der Waals surface area contributed by atoms with E-state index >= 15 is 0 Å². The third kappa shape index (κ3) is 3.54. The molecule has 1 atom stereocenters. The van der Waals surface area contributed by atoms with Gasteiger partial charge in [0.05, 0.1) is 19.3 Å². The topological polar surface area (TPSA) is 48.0 Å². The van der Waals surface area contributed by atoms with E-state index in [-0.39, 0.29) is 24.8 Å². The van der Waals surface area contributed by atoms with Gasteiger partial charge in [-0.25, -0.2) is 0 Å². The van der Waals surface area contributed by atoms with Crippen LogP contribution in [0.5, 0.6) is 5.75 Å². The first kappa shape index (κ1) is 14.4. The molecule has 1 aromatic carbocycles. The third-order valence-corrected chi connectivity index (χ3v) is 3.94. The molecule has 3 rings (SSSR count). The van der Waals surface area contributed by atoms with Crippen molar-refractivity contribution in [3.8, 4) is 5.75 Å². The van der Waals surface area contributed by atoms with E-state index in [0.29, 0.717) is 19.0 Å². The predicted molar refractivity (Wildman–Crippen MR) is 77.0 cm³/mol. The fourth-order valence-electron chi connectivity index (χ4n) is 2.89. The number of nitrogens with zero attached hydrogens (tertiary/aromatic N) is 1. The number of likely N-dealkylation sites (tertiary alicyclic amines) is 1. The Morgan fingerprint density at radius 3 is 2.71 bits per heavy atom. The zero-order chi connectivity index (χ0) is 14.5. The number of amides is 1. The van der Waals surface area contributed by atoms with Crippen molar-refractivity contribution in [2.45, 2.75) is 31.6 Å². The van der Waals surface area contributed by atoms with Crippen molar-refractivity contribution in [1.82, 2.24) is 4.90 Å². The van der Waals surface area contributed by atoms with Crippen LogP contribution in [-0.4, -0.2) is 49.5 Å². The van der Waals surface area contributed by atoms with Gasteiger partial charge < -0.3 is 19.1 Å². The molecule has 0 N–H and O–H groups in total. The molecule has 1 aromatic rings. The first-order valence-electron chi connectivity index (χ1n) is 7.55. The number of ether oxygens (including phenoxy) is 3. The van der Waals surface area contributed by atoms with Gasteiger partial charge in [-0.15, -0.1) is 0 Å². The Morgan fingerprint density at radius 2 is 1.95 bits per heavy atom.